The Labute approximate surface area is 124 Å². The van der Waals surface area contributed by atoms with Crippen molar-refractivity contribution in [3.8, 4) is 0 Å². The van der Waals surface area contributed by atoms with Gasteiger partial charge in [0.2, 0.25) is 0 Å². The second-order valence-corrected chi connectivity index (χ2v) is 5.01. The zero-order valence-corrected chi connectivity index (χ0v) is 12.9. The number of hydrogen-bond donors (Lipinski definition) is 1. The van der Waals surface area contributed by atoms with Gasteiger partial charge in [-0.25, -0.2) is 0 Å². The van der Waals surface area contributed by atoms with Gasteiger partial charge in [-0.2, -0.15) is 0 Å². The Balaban J connectivity index is 3.29. The van der Waals surface area contributed by atoms with Crippen LogP contribution in [0.4, 0.5) is 0 Å². The van der Waals surface area contributed by atoms with Gasteiger partial charge in [0.15, 0.2) is 0 Å². The maximum Gasteiger partial charge on any atom is 0.303 e. The van der Waals surface area contributed by atoms with Crippen LogP contribution in [0.5, 0.6) is 0 Å². The standard InChI is InChI=1S/C18H30O2/c1-2-3-4-5-6-7-8-9-10-11-12-13-14-15-16-17-18(19)20/h6-7,9-10,14-15H,2-5,8,11-13,16-17H2,1H3,(H,19,20)/b7-6+,10-9+,15-14+. The Morgan fingerprint density at radius 2 is 1.35 bits per heavy atom. The molecule has 0 saturated heterocycles. The van der Waals surface area contributed by atoms with Crippen LogP contribution in [0, 0.1) is 0 Å². The normalized spacial score (nSPS) is 12.1. The quantitative estimate of drug-likeness (QED) is 0.348. The molecule has 114 valence electrons. The van der Waals surface area contributed by atoms with Gasteiger partial charge in [0.05, 0.1) is 0 Å². The van der Waals surface area contributed by atoms with Crippen molar-refractivity contribution < 1.29 is 9.90 Å². The largest absolute Gasteiger partial charge is 0.481 e. The zero-order valence-electron chi connectivity index (χ0n) is 12.9. The molecule has 1 N–H and O–H groups in total. The van der Waals surface area contributed by atoms with E-state index in [0.29, 0.717) is 6.42 Å². The number of carboxylic acid groups (broad SMARTS) is 1. The lowest BCUT2D eigenvalue weighted by molar-refractivity contribution is -0.136. The molecule has 0 bridgehead atoms. The number of allylic oxidation sites excluding steroid dienone is 6. The van der Waals surface area contributed by atoms with Gasteiger partial charge in [-0.05, 0) is 44.9 Å². The summed E-state index contributed by atoms with van der Waals surface area (Å²) in [6.45, 7) is 2.23. The van der Waals surface area contributed by atoms with E-state index in [2.05, 4.69) is 37.3 Å². The molecule has 2 nitrogen and oxygen atoms in total. The summed E-state index contributed by atoms with van der Waals surface area (Å²) >= 11 is 0. The minimum atomic E-state index is -0.722. The van der Waals surface area contributed by atoms with Gasteiger partial charge in [-0.1, -0.05) is 56.2 Å². The van der Waals surface area contributed by atoms with E-state index in [0.717, 1.165) is 25.7 Å². The van der Waals surface area contributed by atoms with Crippen LogP contribution in [-0.2, 0) is 4.79 Å². The highest BCUT2D eigenvalue weighted by molar-refractivity contribution is 5.66. The SMILES string of the molecule is CCCCC/C=C/C/C=C/CCC/C=C/CCC(=O)O. The third kappa shape index (κ3) is 16.7. The molecule has 20 heavy (non-hydrogen) atoms. The summed E-state index contributed by atoms with van der Waals surface area (Å²) in [5.74, 6) is -0.722. The lowest BCUT2D eigenvalue weighted by Crippen LogP contribution is -1.91. The third-order valence-electron chi connectivity index (χ3n) is 3.01. The number of rotatable bonds is 13. The predicted octanol–water partition coefficient (Wildman–Crippen LogP) is 5.66. The summed E-state index contributed by atoms with van der Waals surface area (Å²) in [5.41, 5.74) is 0. The van der Waals surface area contributed by atoms with E-state index in [1.54, 1.807) is 0 Å². The molecule has 0 rings (SSSR count). The fourth-order valence-corrected chi connectivity index (χ4v) is 1.81. The van der Waals surface area contributed by atoms with Crippen molar-refractivity contribution in [3.63, 3.8) is 0 Å². The zero-order chi connectivity index (χ0) is 14.9. The highest BCUT2D eigenvalue weighted by atomic mass is 16.4. The Bertz CT molecular complexity index is 301. The van der Waals surface area contributed by atoms with Crippen LogP contribution in [0.25, 0.3) is 0 Å². The van der Waals surface area contributed by atoms with Crippen LogP contribution < -0.4 is 0 Å². The second kappa shape index (κ2) is 15.7. The smallest absolute Gasteiger partial charge is 0.303 e. The van der Waals surface area contributed by atoms with Crippen LogP contribution in [0.1, 0.15) is 71.1 Å². The molecule has 0 aliphatic heterocycles. The first-order valence-corrected chi connectivity index (χ1v) is 7.94. The second-order valence-electron chi connectivity index (χ2n) is 5.01. The topological polar surface area (TPSA) is 37.3 Å². The first kappa shape index (κ1) is 18.7. The van der Waals surface area contributed by atoms with E-state index >= 15 is 0 Å². The third-order valence-corrected chi connectivity index (χ3v) is 3.01. The van der Waals surface area contributed by atoms with E-state index in [-0.39, 0.29) is 6.42 Å². The summed E-state index contributed by atoms with van der Waals surface area (Å²) in [6, 6.07) is 0. The lowest BCUT2D eigenvalue weighted by atomic mass is 10.2. The maximum absolute atomic E-state index is 10.3. The molecule has 2 heteroatoms. The highest BCUT2D eigenvalue weighted by Gasteiger charge is 1.91. The molecule has 0 aliphatic rings. The van der Waals surface area contributed by atoms with E-state index in [9.17, 15) is 4.79 Å². The van der Waals surface area contributed by atoms with E-state index in [1.807, 2.05) is 6.08 Å². The summed E-state index contributed by atoms with van der Waals surface area (Å²) in [4.78, 5) is 10.3. The summed E-state index contributed by atoms with van der Waals surface area (Å²) in [7, 11) is 0. The van der Waals surface area contributed by atoms with Crippen molar-refractivity contribution in [2.75, 3.05) is 0 Å². The summed E-state index contributed by atoms with van der Waals surface area (Å²) in [6.07, 6.45) is 23.4. The molecule has 0 amide bonds. The molecule has 0 unspecified atom stereocenters. The van der Waals surface area contributed by atoms with Crippen LogP contribution in [0.3, 0.4) is 0 Å². The van der Waals surface area contributed by atoms with Crippen LogP contribution in [0.15, 0.2) is 36.5 Å². The molecule has 0 radical (unpaired) electrons. The Morgan fingerprint density at radius 1 is 0.800 bits per heavy atom. The minimum absolute atomic E-state index is 0.237. The van der Waals surface area contributed by atoms with Crippen molar-refractivity contribution in [1.29, 1.82) is 0 Å². The van der Waals surface area contributed by atoms with Crippen molar-refractivity contribution >= 4 is 5.97 Å². The van der Waals surface area contributed by atoms with Crippen molar-refractivity contribution in [3.05, 3.63) is 36.5 Å². The van der Waals surface area contributed by atoms with Gasteiger partial charge < -0.3 is 5.11 Å². The first-order valence-electron chi connectivity index (χ1n) is 7.94. The van der Waals surface area contributed by atoms with Crippen LogP contribution in [0.2, 0.25) is 0 Å². The van der Waals surface area contributed by atoms with Gasteiger partial charge in [-0.15, -0.1) is 0 Å². The Morgan fingerprint density at radius 3 is 1.95 bits per heavy atom. The molecule has 0 aromatic rings. The average Bonchev–Trinajstić information content (AvgIpc) is 2.43. The minimum Gasteiger partial charge on any atom is -0.481 e. The van der Waals surface area contributed by atoms with E-state index in [4.69, 9.17) is 5.11 Å². The molecule has 0 spiro atoms. The van der Waals surface area contributed by atoms with Gasteiger partial charge >= 0.3 is 5.97 Å². The van der Waals surface area contributed by atoms with E-state index < -0.39 is 5.97 Å². The fraction of sp³-hybridized carbons (Fsp3) is 0.611. The Kier molecular flexibility index (Phi) is 14.7. The molecule has 0 fully saturated rings. The first-order chi connectivity index (χ1) is 9.77. The van der Waals surface area contributed by atoms with Crippen molar-refractivity contribution in [2.45, 2.75) is 71.1 Å². The summed E-state index contributed by atoms with van der Waals surface area (Å²) < 4.78 is 0. The van der Waals surface area contributed by atoms with Gasteiger partial charge in [0.1, 0.15) is 0 Å². The summed E-state index contributed by atoms with van der Waals surface area (Å²) in [5, 5.41) is 8.47. The molecule has 0 saturated carbocycles. The molecule has 0 heterocycles. The molecular formula is C18H30O2. The molecule has 0 aromatic carbocycles. The van der Waals surface area contributed by atoms with Crippen molar-refractivity contribution in [1.82, 2.24) is 0 Å². The maximum atomic E-state index is 10.3. The molecule has 0 aliphatic carbocycles. The van der Waals surface area contributed by atoms with Crippen molar-refractivity contribution in [2.24, 2.45) is 0 Å². The lowest BCUT2D eigenvalue weighted by Gasteiger charge is -1.92. The number of carboxylic acids is 1. The van der Waals surface area contributed by atoms with E-state index in [1.165, 1.54) is 25.7 Å². The van der Waals surface area contributed by atoms with Gasteiger partial charge in [0, 0.05) is 6.42 Å². The molecule has 0 aromatic heterocycles. The van der Waals surface area contributed by atoms with Gasteiger partial charge in [-0.3, -0.25) is 4.79 Å². The number of carbonyl (C=O) groups is 1. The fourth-order valence-electron chi connectivity index (χ4n) is 1.81. The predicted molar refractivity (Wildman–Crippen MR) is 86.9 cm³/mol. The van der Waals surface area contributed by atoms with Crippen LogP contribution in [-0.4, -0.2) is 11.1 Å². The van der Waals surface area contributed by atoms with Gasteiger partial charge in [0.25, 0.3) is 0 Å². The highest BCUT2D eigenvalue weighted by Crippen LogP contribution is 2.02. The van der Waals surface area contributed by atoms with Crippen LogP contribution >= 0.6 is 0 Å². The number of unbranched alkanes of at least 4 members (excludes halogenated alkanes) is 5. The number of hydrogen-bond acceptors (Lipinski definition) is 1. The number of aliphatic carboxylic acids is 1. The molecule has 0 atom stereocenters. The molecular weight excluding hydrogens is 248 g/mol. The monoisotopic (exact) mass is 278 g/mol. The Hall–Kier alpha value is -1.31. The average molecular weight is 278 g/mol.